The molecular formula is C17H19NO2. The quantitative estimate of drug-likeness (QED) is 0.882. The molecule has 0 aliphatic heterocycles. The molecule has 0 spiro atoms. The van der Waals surface area contributed by atoms with Gasteiger partial charge in [-0.05, 0) is 42.7 Å². The zero-order valence-corrected chi connectivity index (χ0v) is 12.0. The van der Waals surface area contributed by atoms with Crippen molar-refractivity contribution in [1.82, 2.24) is 0 Å². The van der Waals surface area contributed by atoms with Crippen molar-refractivity contribution < 1.29 is 9.90 Å². The lowest BCUT2D eigenvalue weighted by Crippen LogP contribution is -2.12. The summed E-state index contributed by atoms with van der Waals surface area (Å²) in [6.07, 6.45) is 0. The summed E-state index contributed by atoms with van der Waals surface area (Å²) in [4.78, 5) is 12.2. The first-order valence-electron chi connectivity index (χ1n) is 6.69. The number of carbonyl (C=O) groups is 1. The first-order chi connectivity index (χ1) is 9.49. The van der Waals surface area contributed by atoms with E-state index in [1.807, 2.05) is 24.3 Å². The Morgan fingerprint density at radius 1 is 1.10 bits per heavy atom. The molecule has 2 N–H and O–H groups in total. The van der Waals surface area contributed by atoms with Crippen LogP contribution in [0.3, 0.4) is 0 Å². The van der Waals surface area contributed by atoms with Crippen LogP contribution < -0.4 is 5.32 Å². The van der Waals surface area contributed by atoms with Crippen molar-refractivity contribution in [2.45, 2.75) is 26.7 Å². The molecule has 2 rings (SSSR count). The maximum absolute atomic E-state index is 12.2. The van der Waals surface area contributed by atoms with Gasteiger partial charge in [0.25, 0.3) is 5.91 Å². The fourth-order valence-corrected chi connectivity index (χ4v) is 1.97. The molecule has 3 nitrogen and oxygen atoms in total. The average Bonchev–Trinajstić information content (AvgIpc) is 2.44. The summed E-state index contributed by atoms with van der Waals surface area (Å²) >= 11 is 0. The van der Waals surface area contributed by atoms with Crippen molar-refractivity contribution in [3.8, 4) is 5.75 Å². The van der Waals surface area contributed by atoms with Gasteiger partial charge in [-0.1, -0.05) is 32.0 Å². The summed E-state index contributed by atoms with van der Waals surface area (Å²) in [5.41, 5.74) is 3.11. The van der Waals surface area contributed by atoms with E-state index in [9.17, 15) is 9.90 Å². The van der Waals surface area contributed by atoms with Crippen LogP contribution in [0.1, 0.15) is 41.3 Å². The number of hydrogen-bond acceptors (Lipinski definition) is 2. The van der Waals surface area contributed by atoms with Crippen LogP contribution in [0.25, 0.3) is 0 Å². The number of aromatic hydroxyl groups is 1. The third kappa shape index (κ3) is 2.99. The monoisotopic (exact) mass is 269 g/mol. The molecule has 0 saturated carbocycles. The van der Waals surface area contributed by atoms with Gasteiger partial charge in [0.1, 0.15) is 5.75 Å². The van der Waals surface area contributed by atoms with Gasteiger partial charge in [-0.2, -0.15) is 0 Å². The summed E-state index contributed by atoms with van der Waals surface area (Å²) in [7, 11) is 0. The predicted octanol–water partition coefficient (Wildman–Crippen LogP) is 4.08. The second kappa shape index (κ2) is 5.78. The van der Waals surface area contributed by atoms with Gasteiger partial charge in [0, 0.05) is 16.8 Å². The maximum Gasteiger partial charge on any atom is 0.255 e. The molecule has 0 aliphatic carbocycles. The van der Waals surface area contributed by atoms with E-state index >= 15 is 0 Å². The third-order valence-corrected chi connectivity index (χ3v) is 3.39. The molecule has 2 aromatic carbocycles. The molecule has 0 fully saturated rings. The van der Waals surface area contributed by atoms with Crippen LogP contribution in [-0.2, 0) is 0 Å². The van der Waals surface area contributed by atoms with Gasteiger partial charge in [-0.15, -0.1) is 0 Å². The highest BCUT2D eigenvalue weighted by Crippen LogP contribution is 2.24. The molecule has 2 aromatic rings. The minimum absolute atomic E-state index is 0.172. The van der Waals surface area contributed by atoms with E-state index in [0.29, 0.717) is 22.7 Å². The van der Waals surface area contributed by atoms with Crippen LogP contribution in [0.4, 0.5) is 5.69 Å². The van der Waals surface area contributed by atoms with E-state index < -0.39 is 0 Å². The number of phenols is 1. The Morgan fingerprint density at radius 2 is 1.75 bits per heavy atom. The van der Waals surface area contributed by atoms with E-state index in [1.54, 1.807) is 25.1 Å². The summed E-state index contributed by atoms with van der Waals surface area (Å²) in [5, 5.41) is 12.4. The highest BCUT2D eigenvalue weighted by atomic mass is 16.3. The number of rotatable bonds is 3. The first-order valence-corrected chi connectivity index (χ1v) is 6.69. The molecular weight excluding hydrogens is 250 g/mol. The Kier molecular flexibility index (Phi) is 4.08. The number of hydrogen-bond donors (Lipinski definition) is 2. The number of benzene rings is 2. The smallest absolute Gasteiger partial charge is 0.255 e. The summed E-state index contributed by atoms with van der Waals surface area (Å²) < 4.78 is 0. The standard InChI is InChI=1S/C17H19NO2/c1-11(2)13-7-9-14(10-8-13)17(20)18-15-5-4-6-16(19)12(15)3/h4-11,19H,1-3H3,(H,18,20). The number of anilines is 1. The highest BCUT2D eigenvalue weighted by Gasteiger charge is 2.09. The zero-order chi connectivity index (χ0) is 14.7. The van der Waals surface area contributed by atoms with Crippen molar-refractivity contribution in [3.05, 3.63) is 59.2 Å². The van der Waals surface area contributed by atoms with Crippen molar-refractivity contribution in [2.75, 3.05) is 5.32 Å². The Balaban J connectivity index is 2.18. The Labute approximate surface area is 119 Å². The van der Waals surface area contributed by atoms with Gasteiger partial charge in [0.15, 0.2) is 0 Å². The lowest BCUT2D eigenvalue weighted by atomic mass is 10.0. The minimum atomic E-state index is -0.172. The van der Waals surface area contributed by atoms with Gasteiger partial charge in [0.05, 0.1) is 0 Å². The Hall–Kier alpha value is -2.29. The molecule has 20 heavy (non-hydrogen) atoms. The van der Waals surface area contributed by atoms with Crippen molar-refractivity contribution >= 4 is 11.6 Å². The second-order valence-electron chi connectivity index (χ2n) is 5.18. The lowest BCUT2D eigenvalue weighted by molar-refractivity contribution is 0.102. The summed E-state index contributed by atoms with van der Waals surface area (Å²) in [5.74, 6) is 0.451. The van der Waals surface area contributed by atoms with Gasteiger partial charge in [-0.25, -0.2) is 0 Å². The molecule has 3 heteroatoms. The molecule has 0 unspecified atom stereocenters. The topological polar surface area (TPSA) is 49.3 Å². The predicted molar refractivity (Wildman–Crippen MR) is 81.3 cm³/mol. The Bertz CT molecular complexity index is 615. The molecule has 1 amide bonds. The number of amides is 1. The fraction of sp³-hybridized carbons (Fsp3) is 0.235. The largest absolute Gasteiger partial charge is 0.508 e. The van der Waals surface area contributed by atoms with Crippen LogP contribution >= 0.6 is 0 Å². The van der Waals surface area contributed by atoms with Crippen LogP contribution in [0.2, 0.25) is 0 Å². The zero-order valence-electron chi connectivity index (χ0n) is 12.0. The first kappa shape index (κ1) is 14.1. The average molecular weight is 269 g/mol. The Morgan fingerprint density at radius 3 is 2.35 bits per heavy atom. The van der Waals surface area contributed by atoms with Crippen molar-refractivity contribution in [3.63, 3.8) is 0 Å². The van der Waals surface area contributed by atoms with E-state index in [2.05, 4.69) is 19.2 Å². The molecule has 0 aliphatic rings. The lowest BCUT2D eigenvalue weighted by Gasteiger charge is -2.10. The number of carbonyl (C=O) groups excluding carboxylic acids is 1. The van der Waals surface area contributed by atoms with E-state index in [1.165, 1.54) is 5.56 Å². The van der Waals surface area contributed by atoms with Crippen molar-refractivity contribution in [1.29, 1.82) is 0 Å². The minimum Gasteiger partial charge on any atom is -0.508 e. The van der Waals surface area contributed by atoms with Crippen LogP contribution in [0.15, 0.2) is 42.5 Å². The molecule has 0 bridgehead atoms. The van der Waals surface area contributed by atoms with E-state index in [4.69, 9.17) is 0 Å². The summed E-state index contributed by atoms with van der Waals surface area (Å²) in [6, 6.07) is 12.7. The van der Waals surface area contributed by atoms with Gasteiger partial charge < -0.3 is 10.4 Å². The van der Waals surface area contributed by atoms with E-state index in [0.717, 1.165) is 0 Å². The van der Waals surface area contributed by atoms with Crippen molar-refractivity contribution in [2.24, 2.45) is 0 Å². The fourth-order valence-electron chi connectivity index (χ4n) is 1.97. The molecule has 0 radical (unpaired) electrons. The SMILES string of the molecule is Cc1c(O)cccc1NC(=O)c1ccc(C(C)C)cc1. The van der Waals surface area contributed by atoms with Gasteiger partial charge in [-0.3, -0.25) is 4.79 Å². The second-order valence-corrected chi connectivity index (χ2v) is 5.18. The van der Waals surface area contributed by atoms with Gasteiger partial charge in [0.2, 0.25) is 0 Å². The summed E-state index contributed by atoms with van der Waals surface area (Å²) in [6.45, 7) is 6.00. The third-order valence-electron chi connectivity index (χ3n) is 3.39. The van der Waals surface area contributed by atoms with E-state index in [-0.39, 0.29) is 11.7 Å². The number of nitrogens with one attached hydrogen (secondary N) is 1. The van der Waals surface area contributed by atoms with Crippen LogP contribution in [0.5, 0.6) is 5.75 Å². The molecule has 0 aromatic heterocycles. The molecule has 0 saturated heterocycles. The number of phenolic OH excluding ortho intramolecular Hbond substituents is 1. The van der Waals surface area contributed by atoms with Gasteiger partial charge >= 0.3 is 0 Å². The normalized spacial score (nSPS) is 10.6. The highest BCUT2D eigenvalue weighted by molar-refractivity contribution is 6.04. The molecule has 104 valence electrons. The maximum atomic E-state index is 12.2. The van der Waals surface area contributed by atoms with Crippen LogP contribution in [-0.4, -0.2) is 11.0 Å². The molecule has 0 heterocycles. The van der Waals surface area contributed by atoms with Crippen LogP contribution in [0, 0.1) is 6.92 Å². The molecule has 0 atom stereocenters.